The summed E-state index contributed by atoms with van der Waals surface area (Å²) in [5.74, 6) is -1.18. The fourth-order valence-corrected chi connectivity index (χ4v) is 2.01. The second-order valence-electron chi connectivity index (χ2n) is 4.63. The van der Waals surface area contributed by atoms with Crippen molar-refractivity contribution in [2.24, 2.45) is 0 Å². The summed E-state index contributed by atoms with van der Waals surface area (Å²) in [5, 5.41) is 9.82. The summed E-state index contributed by atoms with van der Waals surface area (Å²) in [6, 6.07) is 11.6. The van der Waals surface area contributed by atoms with E-state index in [0.717, 1.165) is 7.11 Å². The molecule has 2 rings (SSSR count). The van der Waals surface area contributed by atoms with E-state index in [9.17, 15) is 23.1 Å². The molecule has 0 aliphatic heterocycles. The number of hydrogen-bond donors (Lipinski definition) is 1. The topological polar surface area (TPSA) is 55.8 Å². The number of rotatable bonds is 4. The highest BCUT2D eigenvalue weighted by Gasteiger charge is 2.31. The first-order valence-electron chi connectivity index (χ1n) is 6.52. The number of aliphatic hydroxyl groups excluding tert-OH is 1. The zero-order chi connectivity index (χ0) is 17.0. The molecular weight excluding hydrogens is 313 g/mol. The third-order valence-electron chi connectivity index (χ3n) is 3.03. The van der Waals surface area contributed by atoms with Crippen LogP contribution in [0.1, 0.15) is 11.7 Å². The number of halogens is 3. The van der Waals surface area contributed by atoms with Crippen LogP contribution in [0.15, 0.2) is 48.5 Å². The van der Waals surface area contributed by atoms with Gasteiger partial charge in [0.05, 0.1) is 7.11 Å². The van der Waals surface area contributed by atoms with Crippen molar-refractivity contribution in [3.63, 3.8) is 0 Å². The van der Waals surface area contributed by atoms with Gasteiger partial charge in [-0.15, -0.1) is 13.2 Å². The minimum atomic E-state index is -4.78. The van der Waals surface area contributed by atoms with Gasteiger partial charge < -0.3 is 14.6 Å². The Kier molecular flexibility index (Phi) is 4.90. The fraction of sp³-hybridized carbons (Fsp3) is 0.188. The first kappa shape index (κ1) is 16.8. The summed E-state index contributed by atoms with van der Waals surface area (Å²) in [6.07, 6.45) is -6.24. The Morgan fingerprint density at radius 3 is 2.30 bits per heavy atom. The molecule has 122 valence electrons. The maximum absolute atomic E-state index is 12.3. The Labute approximate surface area is 130 Å². The third kappa shape index (κ3) is 4.46. The number of ether oxygens (including phenoxy) is 2. The van der Waals surface area contributed by atoms with Crippen LogP contribution >= 0.6 is 0 Å². The van der Waals surface area contributed by atoms with Crippen molar-refractivity contribution in [1.29, 1.82) is 0 Å². The van der Waals surface area contributed by atoms with Crippen LogP contribution in [-0.2, 0) is 9.53 Å². The maximum atomic E-state index is 12.3. The lowest BCUT2D eigenvalue weighted by molar-refractivity contribution is -0.274. The van der Waals surface area contributed by atoms with Crippen LogP contribution in [0.2, 0.25) is 0 Å². The second kappa shape index (κ2) is 6.70. The van der Waals surface area contributed by atoms with Crippen molar-refractivity contribution >= 4 is 5.97 Å². The van der Waals surface area contributed by atoms with Crippen LogP contribution in [0.25, 0.3) is 11.1 Å². The molecule has 23 heavy (non-hydrogen) atoms. The lowest BCUT2D eigenvalue weighted by Gasteiger charge is -2.12. The Morgan fingerprint density at radius 2 is 1.70 bits per heavy atom. The molecule has 0 aliphatic rings. The Bertz CT molecular complexity index is 698. The van der Waals surface area contributed by atoms with Crippen molar-refractivity contribution in [3.8, 4) is 16.9 Å². The van der Waals surface area contributed by atoms with Gasteiger partial charge in [-0.2, -0.15) is 0 Å². The number of alkyl halides is 3. The molecular formula is C16H13F3O4. The molecule has 0 spiro atoms. The smallest absolute Gasteiger partial charge is 0.467 e. The lowest BCUT2D eigenvalue weighted by atomic mass is 10.0. The molecule has 0 saturated carbocycles. The summed E-state index contributed by atoms with van der Waals surface area (Å²) < 4.78 is 45.1. The van der Waals surface area contributed by atoms with Crippen LogP contribution in [0, 0.1) is 0 Å². The molecule has 0 heterocycles. The van der Waals surface area contributed by atoms with Gasteiger partial charge in [-0.3, -0.25) is 0 Å². The number of benzene rings is 2. The molecule has 4 nitrogen and oxygen atoms in total. The molecule has 2 aromatic rings. The van der Waals surface area contributed by atoms with Gasteiger partial charge in [0.1, 0.15) is 5.75 Å². The SMILES string of the molecule is COC(=O)C(O)c1cccc(-c2cccc(OC(F)(F)F)c2)c1. The molecule has 0 saturated heterocycles. The largest absolute Gasteiger partial charge is 0.573 e. The van der Waals surface area contributed by atoms with E-state index >= 15 is 0 Å². The summed E-state index contributed by atoms with van der Waals surface area (Å²) >= 11 is 0. The molecule has 1 atom stereocenters. The number of carbonyl (C=O) groups excluding carboxylic acids is 1. The van der Waals surface area contributed by atoms with E-state index in [1.54, 1.807) is 18.2 Å². The van der Waals surface area contributed by atoms with Crippen LogP contribution in [0.3, 0.4) is 0 Å². The molecule has 0 aromatic heterocycles. The summed E-state index contributed by atoms with van der Waals surface area (Å²) in [7, 11) is 1.15. The average molecular weight is 326 g/mol. The van der Waals surface area contributed by atoms with E-state index in [4.69, 9.17) is 0 Å². The summed E-state index contributed by atoms with van der Waals surface area (Å²) in [6.45, 7) is 0. The number of carbonyl (C=O) groups is 1. The fourth-order valence-electron chi connectivity index (χ4n) is 2.01. The molecule has 2 aromatic carbocycles. The van der Waals surface area contributed by atoms with Gasteiger partial charge >= 0.3 is 12.3 Å². The second-order valence-corrected chi connectivity index (χ2v) is 4.63. The molecule has 0 fully saturated rings. The highest BCUT2D eigenvalue weighted by Crippen LogP contribution is 2.29. The number of aliphatic hydroxyl groups is 1. The Hall–Kier alpha value is -2.54. The third-order valence-corrected chi connectivity index (χ3v) is 3.03. The molecule has 0 bridgehead atoms. The first-order chi connectivity index (χ1) is 10.8. The van der Waals surface area contributed by atoms with E-state index in [2.05, 4.69) is 9.47 Å². The normalized spacial score (nSPS) is 12.6. The Balaban J connectivity index is 2.32. The number of esters is 1. The van der Waals surface area contributed by atoms with Gasteiger partial charge in [-0.25, -0.2) is 4.79 Å². The molecule has 0 amide bonds. The quantitative estimate of drug-likeness (QED) is 0.874. The zero-order valence-electron chi connectivity index (χ0n) is 12.0. The minimum Gasteiger partial charge on any atom is -0.467 e. The van der Waals surface area contributed by atoms with Crippen LogP contribution in [-0.4, -0.2) is 24.5 Å². The predicted octanol–water partition coefficient (Wildman–Crippen LogP) is 3.46. The van der Waals surface area contributed by atoms with Gasteiger partial charge in [0, 0.05) is 0 Å². The van der Waals surface area contributed by atoms with Gasteiger partial charge in [0.25, 0.3) is 0 Å². The number of hydrogen-bond acceptors (Lipinski definition) is 4. The van der Waals surface area contributed by atoms with Crippen molar-refractivity contribution < 1.29 is 32.5 Å². The van der Waals surface area contributed by atoms with E-state index < -0.39 is 18.4 Å². The highest BCUT2D eigenvalue weighted by atomic mass is 19.4. The standard InChI is InChI=1S/C16H13F3O4/c1-22-15(21)14(20)12-6-2-4-10(8-12)11-5-3-7-13(9-11)23-16(17,18)19/h2-9,14,20H,1H3. The highest BCUT2D eigenvalue weighted by molar-refractivity contribution is 5.77. The number of methoxy groups -OCH3 is 1. The lowest BCUT2D eigenvalue weighted by Crippen LogP contribution is -2.17. The molecule has 0 aliphatic carbocycles. The molecule has 7 heteroatoms. The summed E-state index contributed by atoms with van der Waals surface area (Å²) in [4.78, 5) is 11.4. The van der Waals surface area contributed by atoms with Crippen LogP contribution < -0.4 is 4.74 Å². The van der Waals surface area contributed by atoms with E-state index in [-0.39, 0.29) is 11.3 Å². The predicted molar refractivity (Wildman–Crippen MR) is 75.5 cm³/mol. The average Bonchev–Trinajstić information content (AvgIpc) is 2.52. The van der Waals surface area contributed by atoms with Gasteiger partial charge in [0.2, 0.25) is 0 Å². The van der Waals surface area contributed by atoms with E-state index in [1.807, 2.05) is 0 Å². The first-order valence-corrected chi connectivity index (χ1v) is 6.52. The monoisotopic (exact) mass is 326 g/mol. The van der Waals surface area contributed by atoms with Crippen molar-refractivity contribution in [3.05, 3.63) is 54.1 Å². The summed E-state index contributed by atoms with van der Waals surface area (Å²) in [5.41, 5.74) is 1.25. The zero-order valence-corrected chi connectivity index (χ0v) is 12.0. The molecule has 1 N–H and O–H groups in total. The van der Waals surface area contributed by atoms with Gasteiger partial charge in [0.15, 0.2) is 6.10 Å². The van der Waals surface area contributed by atoms with E-state index in [1.165, 1.54) is 30.3 Å². The van der Waals surface area contributed by atoms with Crippen molar-refractivity contribution in [2.45, 2.75) is 12.5 Å². The van der Waals surface area contributed by atoms with Gasteiger partial charge in [-0.05, 0) is 34.9 Å². The van der Waals surface area contributed by atoms with Crippen LogP contribution in [0.5, 0.6) is 5.75 Å². The molecule has 0 radical (unpaired) electrons. The van der Waals surface area contributed by atoms with Crippen LogP contribution in [0.4, 0.5) is 13.2 Å². The molecule has 1 unspecified atom stereocenters. The Morgan fingerprint density at radius 1 is 1.09 bits per heavy atom. The van der Waals surface area contributed by atoms with Gasteiger partial charge in [-0.1, -0.05) is 30.3 Å². The van der Waals surface area contributed by atoms with Crippen molar-refractivity contribution in [2.75, 3.05) is 7.11 Å². The maximum Gasteiger partial charge on any atom is 0.573 e. The minimum absolute atomic E-state index is 0.275. The van der Waals surface area contributed by atoms with Crippen molar-refractivity contribution in [1.82, 2.24) is 0 Å². The van der Waals surface area contributed by atoms with E-state index in [0.29, 0.717) is 11.1 Å².